The molecule has 9 heteroatoms. The van der Waals surface area contributed by atoms with Crippen LogP contribution in [0.25, 0.3) is 0 Å². The topological polar surface area (TPSA) is 166 Å². The largest absolute Gasteiger partial charge is 0.384 e. The van der Waals surface area contributed by atoms with E-state index in [0.717, 1.165) is 11.1 Å². The summed E-state index contributed by atoms with van der Waals surface area (Å²) in [5.74, 6) is 0.316. The molecule has 0 unspecified atom stereocenters. The van der Waals surface area contributed by atoms with Gasteiger partial charge in [0.25, 0.3) is 0 Å². The van der Waals surface area contributed by atoms with Gasteiger partial charge in [0.05, 0.1) is 26.4 Å². The van der Waals surface area contributed by atoms with Crippen LogP contribution in [-0.4, -0.2) is 43.9 Å². The van der Waals surface area contributed by atoms with Crippen molar-refractivity contribution < 1.29 is 9.47 Å². The zero-order valence-corrected chi connectivity index (χ0v) is 16.8. The van der Waals surface area contributed by atoms with E-state index in [-0.39, 0.29) is 17.6 Å². The van der Waals surface area contributed by atoms with E-state index in [9.17, 15) is 0 Å². The van der Waals surface area contributed by atoms with Crippen molar-refractivity contribution >= 4 is 17.6 Å². The molecule has 9 N–H and O–H groups in total. The molecule has 2 aromatic carbocycles. The van der Waals surface area contributed by atoms with Gasteiger partial charge in [0.15, 0.2) is 5.96 Å². The van der Waals surface area contributed by atoms with Gasteiger partial charge < -0.3 is 31.6 Å². The highest BCUT2D eigenvalue weighted by molar-refractivity contribution is 5.95. The normalized spacial score (nSPS) is 10.4. The summed E-state index contributed by atoms with van der Waals surface area (Å²) < 4.78 is 11.1. The number of hydrogen-bond donors (Lipinski definition) is 7. The fraction of sp³-hybridized carbons (Fsp3) is 0.286. The molecule has 0 atom stereocenters. The number of ether oxygens (including phenoxy) is 2. The molecular weight excluding hydrogens is 382 g/mol. The molecule has 0 saturated heterocycles. The van der Waals surface area contributed by atoms with Gasteiger partial charge in [-0.25, -0.2) is 0 Å². The number of hydrogen-bond acceptors (Lipinski definition) is 5. The second kappa shape index (κ2) is 12.2. The van der Waals surface area contributed by atoms with E-state index in [0.29, 0.717) is 50.6 Å². The van der Waals surface area contributed by atoms with Gasteiger partial charge in [0.1, 0.15) is 11.7 Å². The summed E-state index contributed by atoms with van der Waals surface area (Å²) in [7, 11) is 0. The van der Waals surface area contributed by atoms with Crippen molar-refractivity contribution in [2.75, 3.05) is 26.3 Å². The Bertz CT molecular complexity index is 766. The summed E-state index contributed by atoms with van der Waals surface area (Å²) in [4.78, 5) is 0. The number of guanidine groups is 1. The Morgan fingerprint density at radius 1 is 0.667 bits per heavy atom. The molecule has 9 nitrogen and oxygen atoms in total. The molecule has 0 saturated carbocycles. The summed E-state index contributed by atoms with van der Waals surface area (Å²) in [6, 6.07) is 14.7. The van der Waals surface area contributed by atoms with Crippen LogP contribution in [0.3, 0.4) is 0 Å². The van der Waals surface area contributed by atoms with E-state index in [2.05, 4.69) is 10.6 Å². The van der Waals surface area contributed by atoms with Crippen molar-refractivity contribution in [3.63, 3.8) is 0 Å². The van der Waals surface area contributed by atoms with Crippen LogP contribution in [-0.2, 0) is 22.7 Å². The summed E-state index contributed by atoms with van der Waals surface area (Å²) >= 11 is 0. The Morgan fingerprint density at radius 2 is 1.03 bits per heavy atom. The van der Waals surface area contributed by atoms with Crippen LogP contribution < -0.4 is 22.1 Å². The van der Waals surface area contributed by atoms with Gasteiger partial charge in [0.2, 0.25) is 0 Å². The van der Waals surface area contributed by atoms with Crippen LogP contribution >= 0.6 is 0 Å². The number of nitrogens with one attached hydrogen (secondary N) is 5. The molecule has 0 aliphatic carbocycles. The lowest BCUT2D eigenvalue weighted by molar-refractivity contribution is 0.123. The predicted octanol–water partition coefficient (Wildman–Crippen LogP) is 1.10. The third kappa shape index (κ3) is 8.29. The van der Waals surface area contributed by atoms with Gasteiger partial charge in [-0.3, -0.25) is 16.2 Å². The summed E-state index contributed by atoms with van der Waals surface area (Å²) in [5, 5.41) is 28.4. The minimum absolute atomic E-state index is 0.0476. The van der Waals surface area contributed by atoms with E-state index in [1.54, 1.807) is 24.3 Å². The third-order valence-corrected chi connectivity index (χ3v) is 4.16. The molecule has 0 aliphatic heterocycles. The van der Waals surface area contributed by atoms with Gasteiger partial charge in [-0.1, -0.05) is 48.5 Å². The molecule has 2 rings (SSSR count). The van der Waals surface area contributed by atoms with Crippen molar-refractivity contribution in [2.24, 2.45) is 11.5 Å². The SMILES string of the molecule is N=C(NCCOCc1ccc(C(=N)N)cc1)NCCOCc1ccc(C(=N)N)cc1. The maximum atomic E-state index is 7.82. The van der Waals surface area contributed by atoms with E-state index in [1.807, 2.05) is 24.3 Å². The van der Waals surface area contributed by atoms with Gasteiger partial charge in [-0.05, 0) is 11.1 Å². The Kier molecular flexibility index (Phi) is 9.29. The summed E-state index contributed by atoms with van der Waals surface area (Å²) in [5.41, 5.74) is 14.2. The average Bonchev–Trinajstić information content (AvgIpc) is 2.74. The van der Waals surface area contributed by atoms with Crippen molar-refractivity contribution in [2.45, 2.75) is 13.2 Å². The van der Waals surface area contributed by atoms with Crippen LogP contribution in [0.2, 0.25) is 0 Å². The van der Waals surface area contributed by atoms with Gasteiger partial charge in [-0.15, -0.1) is 0 Å². The highest BCUT2D eigenvalue weighted by Crippen LogP contribution is 2.06. The zero-order chi connectivity index (χ0) is 21.8. The first-order chi connectivity index (χ1) is 14.5. The molecule has 0 fully saturated rings. The first-order valence-corrected chi connectivity index (χ1v) is 9.54. The second-order valence-corrected chi connectivity index (χ2v) is 6.55. The molecule has 0 aliphatic rings. The maximum Gasteiger partial charge on any atom is 0.188 e. The molecule has 0 aromatic heterocycles. The lowest BCUT2D eigenvalue weighted by Gasteiger charge is -2.11. The van der Waals surface area contributed by atoms with E-state index in [1.165, 1.54) is 0 Å². The van der Waals surface area contributed by atoms with Crippen LogP contribution in [0.1, 0.15) is 22.3 Å². The number of amidine groups is 2. The first kappa shape index (κ1) is 22.9. The van der Waals surface area contributed by atoms with Crippen LogP contribution in [0, 0.1) is 16.2 Å². The van der Waals surface area contributed by atoms with E-state index >= 15 is 0 Å². The second-order valence-electron chi connectivity index (χ2n) is 6.55. The van der Waals surface area contributed by atoms with E-state index < -0.39 is 0 Å². The minimum Gasteiger partial charge on any atom is -0.384 e. The van der Waals surface area contributed by atoms with Gasteiger partial charge in [0, 0.05) is 24.2 Å². The fourth-order valence-electron chi connectivity index (χ4n) is 2.50. The Hall–Kier alpha value is -3.43. The monoisotopic (exact) mass is 411 g/mol. The fourth-order valence-corrected chi connectivity index (χ4v) is 2.50. The molecule has 160 valence electrons. The molecule has 0 amide bonds. The standard InChI is InChI=1S/C21H29N7O2/c22-19(23)17-5-1-15(2-6-17)13-29-11-9-27-21(26)28-10-12-30-14-16-3-7-18(8-4-16)20(24)25/h1-8H,9-14H2,(H3,22,23)(H3,24,25)(H3,26,27,28). The number of rotatable bonds is 12. The van der Waals surface area contributed by atoms with Crippen LogP contribution in [0.5, 0.6) is 0 Å². The van der Waals surface area contributed by atoms with Crippen molar-refractivity contribution in [3.05, 3.63) is 70.8 Å². The first-order valence-electron chi connectivity index (χ1n) is 9.54. The summed E-state index contributed by atoms with van der Waals surface area (Å²) in [6.45, 7) is 2.88. The molecule has 0 spiro atoms. The van der Waals surface area contributed by atoms with Crippen molar-refractivity contribution in [1.29, 1.82) is 16.2 Å². The number of nitrogens with two attached hydrogens (primary N) is 2. The highest BCUT2D eigenvalue weighted by atomic mass is 16.5. The molecule has 0 radical (unpaired) electrons. The Morgan fingerprint density at radius 3 is 1.37 bits per heavy atom. The quantitative estimate of drug-likeness (QED) is 0.157. The molecule has 0 heterocycles. The number of nitrogen functional groups attached to an aromatic ring is 2. The number of benzene rings is 2. The van der Waals surface area contributed by atoms with Crippen molar-refractivity contribution in [3.8, 4) is 0 Å². The smallest absolute Gasteiger partial charge is 0.188 e. The Labute approximate surface area is 176 Å². The van der Waals surface area contributed by atoms with Gasteiger partial charge >= 0.3 is 0 Å². The molecule has 0 bridgehead atoms. The van der Waals surface area contributed by atoms with Crippen molar-refractivity contribution in [1.82, 2.24) is 10.6 Å². The molecule has 30 heavy (non-hydrogen) atoms. The predicted molar refractivity (Wildman–Crippen MR) is 118 cm³/mol. The maximum absolute atomic E-state index is 7.82. The third-order valence-electron chi connectivity index (χ3n) is 4.16. The minimum atomic E-state index is 0.0476. The average molecular weight is 412 g/mol. The lowest BCUT2D eigenvalue weighted by atomic mass is 10.1. The highest BCUT2D eigenvalue weighted by Gasteiger charge is 2.00. The van der Waals surface area contributed by atoms with Crippen LogP contribution in [0.4, 0.5) is 0 Å². The Balaban J connectivity index is 1.49. The summed E-state index contributed by atoms with van der Waals surface area (Å²) in [6.07, 6.45) is 0. The van der Waals surface area contributed by atoms with E-state index in [4.69, 9.17) is 37.2 Å². The zero-order valence-electron chi connectivity index (χ0n) is 16.8. The lowest BCUT2D eigenvalue weighted by Crippen LogP contribution is -2.39. The van der Waals surface area contributed by atoms with Gasteiger partial charge in [-0.2, -0.15) is 0 Å². The van der Waals surface area contributed by atoms with Crippen LogP contribution in [0.15, 0.2) is 48.5 Å². The molecule has 2 aromatic rings. The molecular formula is C21H29N7O2.